The lowest BCUT2D eigenvalue weighted by Crippen LogP contribution is -2.44. The first-order valence-corrected chi connectivity index (χ1v) is 17.0. The summed E-state index contributed by atoms with van der Waals surface area (Å²) in [4.78, 5) is 0. The quantitative estimate of drug-likeness (QED) is 0.197. The van der Waals surface area contributed by atoms with Crippen molar-refractivity contribution in [3.05, 3.63) is 66.7 Å². The first-order chi connectivity index (χ1) is 14.2. The summed E-state index contributed by atoms with van der Waals surface area (Å²) in [6, 6.07) is 20.3. The molecule has 2 aromatic carbocycles. The van der Waals surface area contributed by atoms with E-state index in [-0.39, 0.29) is 0 Å². The second kappa shape index (κ2) is 11.3. The number of nitriles is 1. The molecule has 0 N–H and O–H groups in total. The maximum atomic E-state index is 8.91. The van der Waals surface area contributed by atoms with Crippen LogP contribution in [0.1, 0.15) is 24.8 Å². The van der Waals surface area contributed by atoms with Gasteiger partial charge in [0, 0.05) is 0 Å². The van der Waals surface area contributed by atoms with Gasteiger partial charge in [0.2, 0.25) is 0 Å². The van der Waals surface area contributed by atoms with E-state index in [9.17, 15) is 0 Å². The Kier molecular flexibility index (Phi) is 9.10. The van der Waals surface area contributed by atoms with Crippen molar-refractivity contribution in [3.8, 4) is 22.9 Å². The zero-order valence-corrected chi connectivity index (χ0v) is 20.9. The zero-order chi connectivity index (χ0) is 22.0. The first-order valence-electron chi connectivity index (χ1n) is 10.8. The van der Waals surface area contributed by atoms with E-state index in [0.29, 0.717) is 5.56 Å². The smallest absolute Gasteiger partial charge is 0.173 e. The molecule has 0 amide bonds. The Morgan fingerprint density at radius 3 is 2.00 bits per heavy atom. The molecule has 0 heterocycles. The van der Waals surface area contributed by atoms with E-state index in [1.807, 2.05) is 42.5 Å². The molecule has 2 rings (SSSR count). The van der Waals surface area contributed by atoms with E-state index in [4.69, 9.17) is 14.1 Å². The summed E-state index contributed by atoms with van der Waals surface area (Å²) < 4.78 is 12.6. The Morgan fingerprint density at radius 1 is 0.867 bits per heavy atom. The van der Waals surface area contributed by atoms with Gasteiger partial charge in [-0.3, -0.25) is 0 Å². The molecule has 0 aliphatic heterocycles. The minimum absolute atomic E-state index is 0.679. The van der Waals surface area contributed by atoms with E-state index >= 15 is 0 Å². The molecule has 0 aliphatic carbocycles. The third kappa shape index (κ3) is 8.31. The maximum Gasteiger partial charge on any atom is 0.173 e. The van der Waals surface area contributed by atoms with Gasteiger partial charge < -0.3 is 8.85 Å². The van der Waals surface area contributed by atoms with Gasteiger partial charge in [-0.05, 0) is 86.5 Å². The Labute approximate surface area is 184 Å². The van der Waals surface area contributed by atoms with Crippen LogP contribution in [-0.4, -0.2) is 23.2 Å². The minimum atomic E-state index is -1.62. The van der Waals surface area contributed by atoms with Gasteiger partial charge in [0.25, 0.3) is 0 Å². The molecule has 0 atom stereocenters. The van der Waals surface area contributed by atoms with Crippen LogP contribution in [0.2, 0.25) is 38.3 Å². The highest BCUT2D eigenvalue weighted by atomic mass is 28.4. The Morgan fingerprint density at radius 2 is 1.43 bits per heavy atom. The molecule has 2 aromatic rings. The lowest BCUT2D eigenvalue weighted by Gasteiger charge is -2.34. The molecule has 0 saturated carbocycles. The van der Waals surface area contributed by atoms with Crippen LogP contribution in [0.25, 0.3) is 11.1 Å². The third-order valence-electron chi connectivity index (χ3n) is 5.15. The molecule has 0 fully saturated rings. The first kappa shape index (κ1) is 24.1. The number of rotatable bonds is 12. The van der Waals surface area contributed by atoms with Crippen LogP contribution in [0, 0.1) is 11.3 Å². The predicted octanol–water partition coefficient (Wildman–Crippen LogP) is 7.39. The van der Waals surface area contributed by atoms with Gasteiger partial charge in [-0.15, -0.1) is 6.58 Å². The average molecular weight is 438 g/mol. The lowest BCUT2D eigenvalue weighted by molar-refractivity contribution is 0.308. The molecule has 0 radical (unpaired) electrons. The molecule has 3 nitrogen and oxygen atoms in total. The van der Waals surface area contributed by atoms with Gasteiger partial charge in [-0.2, -0.15) is 5.26 Å². The highest BCUT2D eigenvalue weighted by molar-refractivity contribution is 6.84. The van der Waals surface area contributed by atoms with Crippen LogP contribution in [-0.2, 0) is 4.12 Å². The average Bonchev–Trinajstić information content (AvgIpc) is 2.72. The van der Waals surface area contributed by atoms with Crippen molar-refractivity contribution in [2.45, 2.75) is 57.5 Å². The summed E-state index contributed by atoms with van der Waals surface area (Å²) in [5.74, 6) is 0.901. The molecule has 160 valence electrons. The molecule has 0 saturated heterocycles. The SMILES string of the molecule is C=CCC[Si](C)(C)O[Si](C)(C)CCCCOc1ccc(-c2ccc(C#N)cc2)cc1. The van der Waals surface area contributed by atoms with Crippen LogP contribution in [0.15, 0.2) is 61.2 Å². The van der Waals surface area contributed by atoms with Gasteiger partial charge >= 0.3 is 0 Å². The van der Waals surface area contributed by atoms with Crippen LogP contribution in [0.5, 0.6) is 5.75 Å². The summed E-state index contributed by atoms with van der Waals surface area (Å²) >= 11 is 0. The summed E-state index contributed by atoms with van der Waals surface area (Å²) in [7, 11) is -3.19. The number of hydrogen-bond acceptors (Lipinski definition) is 3. The van der Waals surface area contributed by atoms with Crippen molar-refractivity contribution in [1.29, 1.82) is 5.26 Å². The molecular weight excluding hydrogens is 402 g/mol. The molecular formula is C25H35NO2Si2. The Balaban J connectivity index is 1.73. The number of hydrogen-bond donors (Lipinski definition) is 0. The van der Waals surface area contributed by atoms with Crippen molar-refractivity contribution in [1.82, 2.24) is 0 Å². The van der Waals surface area contributed by atoms with Crippen LogP contribution in [0.4, 0.5) is 0 Å². The highest BCUT2D eigenvalue weighted by Crippen LogP contribution is 2.25. The van der Waals surface area contributed by atoms with Crippen molar-refractivity contribution >= 4 is 16.6 Å². The molecule has 30 heavy (non-hydrogen) atoms. The van der Waals surface area contributed by atoms with E-state index in [1.165, 1.54) is 6.04 Å². The van der Waals surface area contributed by atoms with Gasteiger partial charge in [0.1, 0.15) is 5.75 Å². The zero-order valence-electron chi connectivity index (χ0n) is 18.9. The van der Waals surface area contributed by atoms with Crippen molar-refractivity contribution in [3.63, 3.8) is 0 Å². The van der Waals surface area contributed by atoms with Crippen molar-refractivity contribution in [2.24, 2.45) is 0 Å². The fourth-order valence-electron chi connectivity index (χ4n) is 3.62. The second-order valence-electron chi connectivity index (χ2n) is 8.97. The topological polar surface area (TPSA) is 42.2 Å². The summed E-state index contributed by atoms with van der Waals surface area (Å²) in [5.41, 5.74) is 2.91. The third-order valence-corrected chi connectivity index (χ3v) is 12.6. The van der Waals surface area contributed by atoms with Gasteiger partial charge in [0.15, 0.2) is 16.6 Å². The largest absolute Gasteiger partial charge is 0.494 e. The van der Waals surface area contributed by atoms with E-state index in [0.717, 1.165) is 48.8 Å². The van der Waals surface area contributed by atoms with Crippen LogP contribution < -0.4 is 4.74 Å². The summed E-state index contributed by atoms with van der Waals surface area (Å²) in [6.45, 7) is 13.9. The molecule has 0 aliphatic rings. The minimum Gasteiger partial charge on any atom is -0.494 e. The van der Waals surface area contributed by atoms with Crippen molar-refractivity contribution in [2.75, 3.05) is 6.61 Å². The van der Waals surface area contributed by atoms with Crippen molar-refractivity contribution < 1.29 is 8.85 Å². The normalized spacial score (nSPS) is 11.7. The molecule has 0 bridgehead atoms. The molecule has 5 heteroatoms. The van der Waals surface area contributed by atoms with Crippen LogP contribution >= 0.6 is 0 Å². The summed E-state index contributed by atoms with van der Waals surface area (Å²) in [5, 5.41) is 8.91. The number of ether oxygens (including phenoxy) is 1. The molecule has 0 aromatic heterocycles. The number of nitrogens with zero attached hydrogens (tertiary/aromatic N) is 1. The van der Waals surface area contributed by atoms with Gasteiger partial charge in [-0.25, -0.2) is 0 Å². The van der Waals surface area contributed by atoms with E-state index < -0.39 is 16.6 Å². The number of unbranched alkanes of at least 4 members (excludes halogenated alkanes) is 1. The Bertz CT molecular complexity index is 837. The fraction of sp³-hybridized carbons (Fsp3) is 0.400. The highest BCUT2D eigenvalue weighted by Gasteiger charge is 2.31. The Hall–Kier alpha value is -2.14. The number of allylic oxidation sites excluding steroid dienone is 1. The molecule has 0 unspecified atom stereocenters. The number of benzene rings is 2. The van der Waals surface area contributed by atoms with Crippen LogP contribution in [0.3, 0.4) is 0 Å². The van der Waals surface area contributed by atoms with E-state index in [2.05, 4.69) is 51.0 Å². The second-order valence-corrected chi connectivity index (χ2v) is 17.8. The standard InChI is InChI=1S/C25H35NO2Si2/c1-6-7-19-29(2,3)28-30(4,5)20-9-8-18-27-25-16-14-24(15-17-25)23-12-10-22(21-26)11-13-23/h6,10-17H,1,7-9,18-20H2,2-5H3. The lowest BCUT2D eigenvalue weighted by atomic mass is 10.0. The fourth-order valence-corrected chi connectivity index (χ4v) is 12.4. The summed E-state index contributed by atoms with van der Waals surface area (Å²) in [6.07, 6.45) is 5.25. The monoisotopic (exact) mass is 437 g/mol. The molecule has 0 spiro atoms. The maximum absolute atomic E-state index is 8.91. The van der Waals surface area contributed by atoms with Gasteiger partial charge in [-0.1, -0.05) is 36.8 Å². The van der Waals surface area contributed by atoms with Gasteiger partial charge in [0.05, 0.1) is 18.2 Å². The van der Waals surface area contributed by atoms with E-state index in [1.54, 1.807) is 0 Å². The predicted molar refractivity (Wildman–Crippen MR) is 132 cm³/mol.